The SMILES string of the molecule is CC.CC.Cc1nc(C(C)(C)C)cc(C(C)(C)C)n1. The predicted molar refractivity (Wildman–Crippen MR) is 86.9 cm³/mol. The Morgan fingerprint density at radius 2 is 0.947 bits per heavy atom. The molecule has 0 aliphatic rings. The van der Waals surface area contributed by atoms with Crippen molar-refractivity contribution in [1.82, 2.24) is 9.97 Å². The molecule has 19 heavy (non-hydrogen) atoms. The van der Waals surface area contributed by atoms with Gasteiger partial charge in [0.05, 0.1) is 0 Å². The van der Waals surface area contributed by atoms with E-state index >= 15 is 0 Å². The number of hydrogen-bond donors (Lipinski definition) is 0. The van der Waals surface area contributed by atoms with Gasteiger partial charge in [0.15, 0.2) is 0 Å². The fraction of sp³-hybridized carbons (Fsp3) is 0.765. The number of aryl methyl sites for hydroxylation is 1. The summed E-state index contributed by atoms with van der Waals surface area (Å²) in [7, 11) is 0. The molecule has 0 N–H and O–H groups in total. The average molecular weight is 266 g/mol. The molecule has 1 rings (SSSR count). The van der Waals surface area contributed by atoms with Crippen LogP contribution in [-0.2, 0) is 10.8 Å². The van der Waals surface area contributed by atoms with E-state index in [0.717, 1.165) is 17.2 Å². The second-order valence-corrected chi connectivity index (χ2v) is 6.19. The fourth-order valence-corrected chi connectivity index (χ4v) is 1.34. The van der Waals surface area contributed by atoms with E-state index in [1.54, 1.807) is 0 Å². The van der Waals surface area contributed by atoms with Gasteiger partial charge in [0, 0.05) is 22.2 Å². The lowest BCUT2D eigenvalue weighted by Gasteiger charge is -2.23. The lowest BCUT2D eigenvalue weighted by atomic mass is 9.86. The minimum Gasteiger partial charge on any atom is -0.238 e. The van der Waals surface area contributed by atoms with E-state index in [2.05, 4.69) is 57.6 Å². The molecule has 1 aromatic rings. The molecule has 0 atom stereocenters. The molecule has 0 unspecified atom stereocenters. The third kappa shape index (κ3) is 7.29. The summed E-state index contributed by atoms with van der Waals surface area (Å²) in [4.78, 5) is 9.02. The molecule has 0 spiro atoms. The summed E-state index contributed by atoms with van der Waals surface area (Å²) in [5, 5.41) is 0. The number of hydrogen-bond acceptors (Lipinski definition) is 2. The van der Waals surface area contributed by atoms with E-state index in [0.29, 0.717) is 0 Å². The van der Waals surface area contributed by atoms with Crippen molar-refractivity contribution in [3.05, 3.63) is 23.3 Å². The molecule has 0 bridgehead atoms. The monoisotopic (exact) mass is 266 g/mol. The summed E-state index contributed by atoms with van der Waals surface area (Å²) < 4.78 is 0. The van der Waals surface area contributed by atoms with Gasteiger partial charge >= 0.3 is 0 Å². The molecule has 112 valence electrons. The van der Waals surface area contributed by atoms with Crippen LogP contribution in [0.5, 0.6) is 0 Å². The van der Waals surface area contributed by atoms with E-state index in [-0.39, 0.29) is 10.8 Å². The standard InChI is InChI=1S/C13H22N2.2C2H6/c1-9-14-10(12(2,3)4)8-11(15-9)13(5,6)7;2*1-2/h8H,1-7H3;2*1-2H3. The largest absolute Gasteiger partial charge is 0.238 e. The van der Waals surface area contributed by atoms with E-state index in [9.17, 15) is 0 Å². The van der Waals surface area contributed by atoms with E-state index in [4.69, 9.17) is 0 Å². The van der Waals surface area contributed by atoms with Crippen LogP contribution in [-0.4, -0.2) is 9.97 Å². The molecule has 2 heteroatoms. The zero-order valence-corrected chi connectivity index (χ0v) is 15.0. The Kier molecular flexibility index (Phi) is 8.90. The van der Waals surface area contributed by atoms with E-state index < -0.39 is 0 Å². The van der Waals surface area contributed by atoms with Crippen LogP contribution in [0.4, 0.5) is 0 Å². The lowest BCUT2D eigenvalue weighted by molar-refractivity contribution is 0.533. The molecule has 0 aliphatic heterocycles. The number of aromatic nitrogens is 2. The zero-order valence-electron chi connectivity index (χ0n) is 15.0. The smallest absolute Gasteiger partial charge is 0.125 e. The Morgan fingerprint density at radius 1 is 0.684 bits per heavy atom. The first-order valence-corrected chi connectivity index (χ1v) is 7.47. The molecule has 0 aliphatic carbocycles. The van der Waals surface area contributed by atoms with Gasteiger partial charge < -0.3 is 0 Å². The van der Waals surface area contributed by atoms with Crippen molar-refractivity contribution in [2.45, 2.75) is 87.0 Å². The number of nitrogens with zero attached hydrogens (tertiary/aromatic N) is 2. The summed E-state index contributed by atoms with van der Waals surface area (Å²) in [5.74, 6) is 0.868. The van der Waals surface area contributed by atoms with Gasteiger partial charge in [-0.25, -0.2) is 9.97 Å². The highest BCUT2D eigenvalue weighted by molar-refractivity contribution is 5.22. The summed E-state index contributed by atoms with van der Waals surface area (Å²) >= 11 is 0. The molecule has 0 saturated heterocycles. The normalized spacial score (nSPS) is 10.9. The lowest BCUT2D eigenvalue weighted by Crippen LogP contribution is -2.20. The summed E-state index contributed by atoms with van der Waals surface area (Å²) in [5.41, 5.74) is 2.43. The van der Waals surface area contributed by atoms with Crippen LogP contribution in [0.3, 0.4) is 0 Å². The van der Waals surface area contributed by atoms with Gasteiger partial charge in [0.1, 0.15) is 5.82 Å². The topological polar surface area (TPSA) is 25.8 Å². The quantitative estimate of drug-likeness (QED) is 0.625. The van der Waals surface area contributed by atoms with E-state index in [1.807, 2.05) is 34.6 Å². The van der Waals surface area contributed by atoms with Crippen LogP contribution < -0.4 is 0 Å². The summed E-state index contributed by atoms with van der Waals surface area (Å²) in [6.45, 7) is 23.1. The van der Waals surface area contributed by atoms with Crippen molar-refractivity contribution < 1.29 is 0 Å². The molecular weight excluding hydrogens is 232 g/mol. The molecule has 0 radical (unpaired) electrons. The first-order valence-electron chi connectivity index (χ1n) is 7.47. The Balaban J connectivity index is 0. The Bertz CT molecular complexity index is 322. The third-order valence-corrected chi connectivity index (χ3v) is 2.37. The van der Waals surface area contributed by atoms with Gasteiger partial charge in [0.25, 0.3) is 0 Å². The maximum absolute atomic E-state index is 4.51. The van der Waals surface area contributed by atoms with Gasteiger partial charge in [0.2, 0.25) is 0 Å². The highest BCUT2D eigenvalue weighted by atomic mass is 14.9. The van der Waals surface area contributed by atoms with Crippen LogP contribution in [0.2, 0.25) is 0 Å². The highest BCUT2D eigenvalue weighted by Crippen LogP contribution is 2.26. The second kappa shape index (κ2) is 8.29. The molecule has 0 fully saturated rings. The second-order valence-electron chi connectivity index (χ2n) is 6.19. The molecule has 2 nitrogen and oxygen atoms in total. The number of rotatable bonds is 0. The predicted octanol–water partition coefficient (Wildman–Crippen LogP) is 5.43. The van der Waals surface area contributed by atoms with Gasteiger partial charge in [-0.15, -0.1) is 0 Å². The first-order chi connectivity index (χ1) is 8.60. The molecule has 1 aromatic heterocycles. The molecule has 0 saturated carbocycles. The Hall–Kier alpha value is -0.920. The van der Waals surface area contributed by atoms with Crippen molar-refractivity contribution in [2.24, 2.45) is 0 Å². The zero-order chi connectivity index (χ0) is 15.9. The van der Waals surface area contributed by atoms with Gasteiger partial charge in [-0.2, -0.15) is 0 Å². The Labute approximate surface area is 121 Å². The fourth-order valence-electron chi connectivity index (χ4n) is 1.34. The molecule has 0 amide bonds. The van der Waals surface area contributed by atoms with Gasteiger partial charge in [-0.3, -0.25) is 0 Å². The van der Waals surface area contributed by atoms with Crippen molar-refractivity contribution in [2.75, 3.05) is 0 Å². The van der Waals surface area contributed by atoms with Gasteiger partial charge in [-0.1, -0.05) is 69.2 Å². The van der Waals surface area contributed by atoms with E-state index in [1.165, 1.54) is 0 Å². The summed E-state index contributed by atoms with van der Waals surface area (Å²) in [6, 6.07) is 2.13. The average Bonchev–Trinajstić information content (AvgIpc) is 2.31. The van der Waals surface area contributed by atoms with Crippen molar-refractivity contribution in [1.29, 1.82) is 0 Å². The third-order valence-electron chi connectivity index (χ3n) is 2.37. The van der Waals surface area contributed by atoms with Gasteiger partial charge in [-0.05, 0) is 13.0 Å². The van der Waals surface area contributed by atoms with Crippen LogP contribution >= 0.6 is 0 Å². The van der Waals surface area contributed by atoms with Crippen LogP contribution in [0.1, 0.15) is 86.4 Å². The minimum absolute atomic E-state index is 0.0910. The van der Waals surface area contributed by atoms with Crippen LogP contribution in [0, 0.1) is 6.92 Å². The molecule has 0 aromatic carbocycles. The summed E-state index contributed by atoms with van der Waals surface area (Å²) in [6.07, 6.45) is 0. The maximum Gasteiger partial charge on any atom is 0.125 e. The minimum atomic E-state index is 0.0910. The highest BCUT2D eigenvalue weighted by Gasteiger charge is 2.21. The van der Waals surface area contributed by atoms with Crippen molar-refractivity contribution in [3.8, 4) is 0 Å². The van der Waals surface area contributed by atoms with Crippen LogP contribution in [0.25, 0.3) is 0 Å². The Morgan fingerprint density at radius 3 is 1.16 bits per heavy atom. The molecular formula is C17H34N2. The maximum atomic E-state index is 4.51. The molecule has 1 heterocycles. The first kappa shape index (κ1) is 20.4. The van der Waals surface area contributed by atoms with Crippen molar-refractivity contribution in [3.63, 3.8) is 0 Å². The van der Waals surface area contributed by atoms with Crippen LogP contribution in [0.15, 0.2) is 6.07 Å². The van der Waals surface area contributed by atoms with Crippen molar-refractivity contribution >= 4 is 0 Å².